The number of hydroxylamine groups is 1. The van der Waals surface area contributed by atoms with E-state index in [0.29, 0.717) is 0 Å². The predicted octanol–water partition coefficient (Wildman–Crippen LogP) is -1.04. The van der Waals surface area contributed by atoms with Gasteiger partial charge in [-0.05, 0) is 0 Å². The van der Waals surface area contributed by atoms with Crippen LogP contribution in [0.1, 0.15) is 0 Å². The summed E-state index contributed by atoms with van der Waals surface area (Å²) in [6.45, 7) is 0. The fraction of sp³-hybridized carbons (Fsp3) is 0. The molecule has 0 fully saturated rings. The molecular weight excluding hydrogens is 96.0 g/mol. The molecule has 0 rings (SSSR count). The standard InChI is InChI=1S/C3H6N2O2/c4-3(6)1-2-5-7/h1-2,5,7H,(H2,4,6)/b2-1+. The number of primary amides is 1. The molecule has 0 saturated heterocycles. The molecule has 0 aliphatic heterocycles. The van der Waals surface area contributed by atoms with Gasteiger partial charge in [-0.15, -0.1) is 0 Å². The first kappa shape index (κ1) is 5.97. The Hall–Kier alpha value is -1.03. The first-order chi connectivity index (χ1) is 3.27. The van der Waals surface area contributed by atoms with Crippen LogP contribution in [0.2, 0.25) is 0 Å². The third kappa shape index (κ3) is 4.97. The van der Waals surface area contributed by atoms with E-state index in [0.717, 1.165) is 12.3 Å². The van der Waals surface area contributed by atoms with Crippen molar-refractivity contribution in [1.29, 1.82) is 0 Å². The number of nitrogens with two attached hydrogens (primary N) is 1. The van der Waals surface area contributed by atoms with Gasteiger partial charge in [-0.1, -0.05) is 0 Å². The fourth-order valence-electron chi connectivity index (χ4n) is 0.119. The Balaban J connectivity index is 3.26. The summed E-state index contributed by atoms with van der Waals surface area (Å²) in [7, 11) is 0. The smallest absolute Gasteiger partial charge is 0.242 e. The number of hydrogen-bond donors (Lipinski definition) is 3. The van der Waals surface area contributed by atoms with Crippen LogP contribution in [0, 0.1) is 0 Å². The molecule has 0 bridgehead atoms. The maximum Gasteiger partial charge on any atom is 0.242 e. The van der Waals surface area contributed by atoms with Crippen LogP contribution >= 0.6 is 0 Å². The third-order valence-electron chi connectivity index (χ3n) is 0.322. The zero-order valence-corrected chi connectivity index (χ0v) is 3.59. The number of nitrogens with one attached hydrogen (secondary N) is 1. The van der Waals surface area contributed by atoms with Crippen LogP contribution < -0.4 is 11.2 Å². The monoisotopic (exact) mass is 102 g/mol. The second-order valence-corrected chi connectivity index (χ2v) is 0.865. The van der Waals surface area contributed by atoms with Crippen molar-refractivity contribution in [2.45, 2.75) is 0 Å². The summed E-state index contributed by atoms with van der Waals surface area (Å²) in [6, 6.07) is 0. The number of carbonyl (C=O) groups excluding carboxylic acids is 1. The SMILES string of the molecule is NC(=O)/C=C/NO. The van der Waals surface area contributed by atoms with E-state index in [1.165, 1.54) is 0 Å². The molecule has 0 aliphatic carbocycles. The van der Waals surface area contributed by atoms with Crippen LogP contribution in [0.15, 0.2) is 12.3 Å². The van der Waals surface area contributed by atoms with Crippen LogP contribution in [0.4, 0.5) is 0 Å². The molecule has 0 aromatic heterocycles. The molecule has 7 heavy (non-hydrogen) atoms. The molecule has 0 aromatic carbocycles. The van der Waals surface area contributed by atoms with Crippen molar-refractivity contribution in [3.05, 3.63) is 12.3 Å². The van der Waals surface area contributed by atoms with Crippen LogP contribution in [-0.4, -0.2) is 11.1 Å². The quantitative estimate of drug-likeness (QED) is 0.308. The largest absolute Gasteiger partial charge is 0.366 e. The fourth-order valence-corrected chi connectivity index (χ4v) is 0.119. The molecule has 1 amide bonds. The molecule has 0 radical (unpaired) electrons. The van der Waals surface area contributed by atoms with Gasteiger partial charge in [0.05, 0.1) is 0 Å². The van der Waals surface area contributed by atoms with Crippen LogP contribution in [-0.2, 0) is 4.79 Å². The molecule has 4 nitrogen and oxygen atoms in total. The van der Waals surface area contributed by atoms with E-state index in [-0.39, 0.29) is 0 Å². The Kier molecular flexibility index (Phi) is 2.70. The summed E-state index contributed by atoms with van der Waals surface area (Å²) in [6.07, 6.45) is 2.03. The van der Waals surface area contributed by atoms with Crippen molar-refractivity contribution in [2.24, 2.45) is 5.73 Å². The first-order valence-corrected chi connectivity index (χ1v) is 1.63. The zero-order valence-electron chi connectivity index (χ0n) is 3.59. The lowest BCUT2D eigenvalue weighted by atomic mass is 10.6. The van der Waals surface area contributed by atoms with E-state index >= 15 is 0 Å². The Bertz CT molecular complexity index is 88.9. The number of hydrogen-bond acceptors (Lipinski definition) is 3. The van der Waals surface area contributed by atoms with Crippen LogP contribution in [0.25, 0.3) is 0 Å². The van der Waals surface area contributed by atoms with Crippen molar-refractivity contribution in [1.82, 2.24) is 5.48 Å². The van der Waals surface area contributed by atoms with Gasteiger partial charge >= 0.3 is 0 Å². The lowest BCUT2D eigenvalue weighted by molar-refractivity contribution is -0.113. The molecule has 40 valence electrons. The predicted molar refractivity (Wildman–Crippen MR) is 23.3 cm³/mol. The molecule has 0 aromatic rings. The highest BCUT2D eigenvalue weighted by atomic mass is 16.5. The first-order valence-electron chi connectivity index (χ1n) is 1.63. The summed E-state index contributed by atoms with van der Waals surface area (Å²) < 4.78 is 0. The van der Waals surface area contributed by atoms with Crippen molar-refractivity contribution in [3.63, 3.8) is 0 Å². The lowest BCUT2D eigenvalue weighted by Gasteiger charge is -1.79. The second-order valence-electron chi connectivity index (χ2n) is 0.865. The molecule has 0 heterocycles. The van der Waals surface area contributed by atoms with Gasteiger partial charge in [0.2, 0.25) is 5.91 Å². The third-order valence-corrected chi connectivity index (χ3v) is 0.322. The minimum Gasteiger partial charge on any atom is -0.366 e. The van der Waals surface area contributed by atoms with E-state index in [1.807, 2.05) is 0 Å². The van der Waals surface area contributed by atoms with E-state index in [9.17, 15) is 4.79 Å². The maximum atomic E-state index is 9.74. The normalized spacial score (nSPS) is 9.29. The highest BCUT2D eigenvalue weighted by molar-refractivity contribution is 5.85. The van der Waals surface area contributed by atoms with Gasteiger partial charge in [-0.2, -0.15) is 0 Å². The zero-order chi connectivity index (χ0) is 5.70. The van der Waals surface area contributed by atoms with Crippen LogP contribution in [0.3, 0.4) is 0 Å². The summed E-state index contributed by atoms with van der Waals surface area (Å²) >= 11 is 0. The highest BCUT2D eigenvalue weighted by Gasteiger charge is 1.75. The average molecular weight is 102 g/mol. The second kappa shape index (κ2) is 3.17. The molecule has 4 N–H and O–H groups in total. The highest BCUT2D eigenvalue weighted by Crippen LogP contribution is 1.58. The number of amides is 1. The van der Waals surface area contributed by atoms with Crippen molar-refractivity contribution in [2.75, 3.05) is 0 Å². The summed E-state index contributed by atoms with van der Waals surface area (Å²) in [4.78, 5) is 9.74. The minimum atomic E-state index is -0.596. The van der Waals surface area contributed by atoms with Gasteiger partial charge < -0.3 is 5.73 Å². The van der Waals surface area contributed by atoms with Gasteiger partial charge in [0.15, 0.2) is 0 Å². The van der Waals surface area contributed by atoms with Crippen molar-refractivity contribution >= 4 is 5.91 Å². The Morgan fingerprint density at radius 2 is 2.43 bits per heavy atom. The number of rotatable bonds is 2. The summed E-state index contributed by atoms with van der Waals surface area (Å²) in [5.74, 6) is -0.596. The minimum absolute atomic E-state index is 0.596. The molecule has 0 saturated carbocycles. The van der Waals surface area contributed by atoms with E-state index in [2.05, 4.69) is 5.73 Å². The molecular formula is C3H6N2O2. The van der Waals surface area contributed by atoms with Crippen LogP contribution in [0.5, 0.6) is 0 Å². The molecule has 0 spiro atoms. The molecule has 0 aliphatic rings. The van der Waals surface area contributed by atoms with E-state index in [4.69, 9.17) is 5.21 Å². The summed E-state index contributed by atoms with van der Waals surface area (Å²) in [5, 5.41) is 7.77. The van der Waals surface area contributed by atoms with E-state index in [1.54, 1.807) is 5.48 Å². The van der Waals surface area contributed by atoms with Crippen molar-refractivity contribution in [3.8, 4) is 0 Å². The topological polar surface area (TPSA) is 75.4 Å². The maximum absolute atomic E-state index is 9.74. The molecule has 4 heteroatoms. The van der Waals surface area contributed by atoms with Gasteiger partial charge in [-0.25, -0.2) is 0 Å². The average Bonchev–Trinajstić information content (AvgIpc) is 1.61. The van der Waals surface area contributed by atoms with E-state index < -0.39 is 5.91 Å². The van der Waals surface area contributed by atoms with Gasteiger partial charge in [0.1, 0.15) is 0 Å². The van der Waals surface area contributed by atoms with Gasteiger partial charge in [0, 0.05) is 12.3 Å². The van der Waals surface area contributed by atoms with Gasteiger partial charge in [0.25, 0.3) is 0 Å². The van der Waals surface area contributed by atoms with Crippen molar-refractivity contribution < 1.29 is 10.0 Å². The van der Waals surface area contributed by atoms with Gasteiger partial charge in [-0.3, -0.25) is 15.5 Å². The lowest BCUT2D eigenvalue weighted by Crippen LogP contribution is -2.07. The molecule has 0 unspecified atom stereocenters. The Morgan fingerprint density at radius 3 is 2.57 bits per heavy atom. The Morgan fingerprint density at radius 1 is 1.86 bits per heavy atom. The summed E-state index contributed by atoms with van der Waals surface area (Å²) in [5.41, 5.74) is 6.22. The number of carbonyl (C=O) groups is 1. The Labute approximate surface area is 40.6 Å². The molecule has 0 atom stereocenters.